The molecule has 0 radical (unpaired) electrons. The molecule has 6 aromatic rings. The molecule has 0 aliphatic heterocycles. The van der Waals surface area contributed by atoms with Gasteiger partial charge in [0.2, 0.25) is 0 Å². The molecular weight excluding hydrogens is 689 g/mol. The quantitative estimate of drug-likeness (QED) is 0.0393. The van der Waals surface area contributed by atoms with Gasteiger partial charge in [-0.2, -0.15) is 0 Å². The number of anilines is 4. The first kappa shape index (κ1) is 35.4. The van der Waals surface area contributed by atoms with E-state index in [4.69, 9.17) is 31.8 Å². The smallest absolute Gasteiger partial charge is 0.133 e. The zero-order chi connectivity index (χ0) is 34.6. The van der Waals surface area contributed by atoms with E-state index in [0.717, 1.165) is 63.7 Å². The molecule has 0 aliphatic rings. The average Bonchev–Trinajstić information content (AvgIpc) is 3.73. The second-order valence-electron chi connectivity index (χ2n) is 10.4. The van der Waals surface area contributed by atoms with E-state index in [-0.39, 0.29) is 11.7 Å². The molecule has 8 N–H and O–H groups in total. The molecule has 0 fully saturated rings. The van der Waals surface area contributed by atoms with E-state index in [1.807, 2.05) is 134 Å². The Balaban J connectivity index is 0.000000191. The third-order valence-corrected chi connectivity index (χ3v) is 11.4. The van der Waals surface area contributed by atoms with Crippen LogP contribution in [0.4, 0.5) is 22.7 Å². The molecule has 0 atom stereocenters. The molecule has 0 amide bonds. The van der Waals surface area contributed by atoms with Crippen LogP contribution in [0.25, 0.3) is 0 Å². The molecule has 2 heterocycles. The average molecular weight is 725 g/mol. The number of rotatable bonds is 13. The third-order valence-electron chi connectivity index (χ3n) is 6.75. The van der Waals surface area contributed by atoms with Crippen LogP contribution < -0.4 is 31.6 Å². The van der Waals surface area contributed by atoms with Crippen molar-refractivity contribution >= 4 is 80.6 Å². The Labute approximate surface area is 302 Å². The number of benzene rings is 4. The van der Waals surface area contributed by atoms with Crippen LogP contribution in [0.2, 0.25) is 0 Å². The Bertz CT molecular complexity index is 2000. The van der Waals surface area contributed by atoms with E-state index < -0.39 is 0 Å². The summed E-state index contributed by atoms with van der Waals surface area (Å²) in [6.45, 7) is 0.535. The van der Waals surface area contributed by atoms with Gasteiger partial charge in [0.15, 0.2) is 0 Å². The van der Waals surface area contributed by atoms with E-state index >= 15 is 0 Å². The highest BCUT2D eigenvalue weighted by Crippen LogP contribution is 2.38. The van der Waals surface area contributed by atoms with Gasteiger partial charge in [-0.05, 0) is 66.6 Å². The van der Waals surface area contributed by atoms with Gasteiger partial charge >= 0.3 is 0 Å². The van der Waals surface area contributed by atoms with Gasteiger partial charge in [-0.15, -0.1) is 46.2 Å². The number of thioether (sulfide) groups is 2. The molecule has 6 rings (SSSR count). The van der Waals surface area contributed by atoms with Crippen molar-refractivity contribution in [1.29, 1.82) is 10.8 Å². The van der Waals surface area contributed by atoms with Crippen molar-refractivity contribution in [3.63, 3.8) is 0 Å². The standard InChI is InChI=1S/C19H19N3OS2.C18H17N3OS2/c1-24-19-16(11-17(25-19)18(20)21)22-14-8-5-9-15(10-14)23-12-13-6-3-2-4-7-13;1-23-18-15(11-16(24-18)17(19)20)21-12-6-5-9-14(10-12)22-13-7-3-2-4-8-13/h2-11,22H,12H2,1H3,(H3,20,21);2-11,21H,1H3,(H3,19,20). The van der Waals surface area contributed by atoms with Gasteiger partial charge in [0.05, 0.1) is 29.5 Å². The van der Waals surface area contributed by atoms with Crippen molar-refractivity contribution in [2.45, 2.75) is 15.0 Å². The predicted octanol–water partition coefficient (Wildman–Crippen LogP) is 10.4. The number of amidine groups is 2. The van der Waals surface area contributed by atoms with E-state index in [1.165, 1.54) is 22.7 Å². The van der Waals surface area contributed by atoms with E-state index in [2.05, 4.69) is 10.6 Å². The van der Waals surface area contributed by atoms with Gasteiger partial charge in [0.1, 0.15) is 35.5 Å². The van der Waals surface area contributed by atoms with E-state index in [9.17, 15) is 0 Å². The van der Waals surface area contributed by atoms with Gasteiger partial charge in [0.25, 0.3) is 0 Å². The van der Waals surface area contributed by atoms with Gasteiger partial charge in [-0.25, -0.2) is 0 Å². The molecule has 49 heavy (non-hydrogen) atoms. The number of nitrogen functional groups attached to an aromatic ring is 2. The molecule has 0 unspecified atom stereocenters. The van der Waals surface area contributed by atoms with E-state index in [1.54, 1.807) is 23.5 Å². The fraction of sp³-hybridized carbons (Fsp3) is 0.0811. The predicted molar refractivity (Wildman–Crippen MR) is 211 cm³/mol. The molecule has 0 saturated heterocycles. The normalized spacial score (nSPS) is 10.4. The minimum absolute atomic E-state index is 0.0875. The lowest BCUT2D eigenvalue weighted by Gasteiger charge is -2.10. The van der Waals surface area contributed by atoms with Crippen molar-refractivity contribution in [3.05, 3.63) is 137 Å². The van der Waals surface area contributed by atoms with Crippen LogP contribution in [0.1, 0.15) is 15.3 Å². The summed E-state index contributed by atoms with van der Waals surface area (Å²) in [6.07, 6.45) is 4.02. The summed E-state index contributed by atoms with van der Waals surface area (Å²) in [5.41, 5.74) is 16.1. The van der Waals surface area contributed by atoms with Gasteiger partial charge in [0, 0.05) is 23.5 Å². The zero-order valence-electron chi connectivity index (χ0n) is 26.9. The maximum absolute atomic E-state index is 7.60. The largest absolute Gasteiger partial charge is 0.489 e. The summed E-state index contributed by atoms with van der Waals surface area (Å²) >= 11 is 6.30. The van der Waals surface area contributed by atoms with Crippen molar-refractivity contribution in [2.24, 2.45) is 11.5 Å². The second-order valence-corrected chi connectivity index (χ2v) is 14.6. The van der Waals surface area contributed by atoms with Crippen molar-refractivity contribution < 1.29 is 9.47 Å². The highest BCUT2D eigenvalue weighted by atomic mass is 32.2. The lowest BCUT2D eigenvalue weighted by molar-refractivity contribution is 0.306. The van der Waals surface area contributed by atoms with Crippen LogP contribution in [0.5, 0.6) is 17.2 Å². The summed E-state index contributed by atoms with van der Waals surface area (Å²) in [6, 6.07) is 39.2. The van der Waals surface area contributed by atoms with Crippen molar-refractivity contribution in [1.82, 2.24) is 0 Å². The molecule has 0 spiro atoms. The molecule has 0 saturated carbocycles. The number of hydrogen-bond acceptors (Lipinski definition) is 10. The van der Waals surface area contributed by atoms with Gasteiger partial charge in [-0.3, -0.25) is 10.8 Å². The first-order chi connectivity index (χ1) is 23.8. The minimum Gasteiger partial charge on any atom is -0.489 e. The maximum Gasteiger partial charge on any atom is 0.133 e. The van der Waals surface area contributed by atoms with Gasteiger partial charge in [-0.1, -0.05) is 60.7 Å². The summed E-state index contributed by atoms with van der Waals surface area (Å²) in [5.74, 6) is 2.55. The third kappa shape index (κ3) is 10.3. The van der Waals surface area contributed by atoms with Crippen LogP contribution in [-0.4, -0.2) is 24.2 Å². The Kier molecular flexibility index (Phi) is 12.7. The van der Waals surface area contributed by atoms with Crippen LogP contribution in [0.3, 0.4) is 0 Å². The summed E-state index contributed by atoms with van der Waals surface area (Å²) < 4.78 is 13.9. The molecule has 0 aliphatic carbocycles. The highest BCUT2D eigenvalue weighted by Gasteiger charge is 2.12. The molecule has 0 bridgehead atoms. The van der Waals surface area contributed by atoms with Crippen molar-refractivity contribution in [2.75, 3.05) is 23.1 Å². The fourth-order valence-corrected chi connectivity index (χ4v) is 7.75. The lowest BCUT2D eigenvalue weighted by atomic mass is 10.2. The molecule has 4 aromatic carbocycles. The van der Waals surface area contributed by atoms with Crippen LogP contribution in [-0.2, 0) is 6.61 Å². The molecule has 2 aromatic heterocycles. The Morgan fingerprint density at radius 3 is 1.59 bits per heavy atom. The number of nitrogens with one attached hydrogen (secondary N) is 4. The highest BCUT2D eigenvalue weighted by molar-refractivity contribution is 8.00. The Hall–Kier alpha value is -4.88. The van der Waals surface area contributed by atoms with Gasteiger partial charge < -0.3 is 31.6 Å². The summed E-state index contributed by atoms with van der Waals surface area (Å²) in [7, 11) is 0. The Morgan fingerprint density at radius 1 is 0.612 bits per heavy atom. The maximum atomic E-state index is 7.60. The lowest BCUT2D eigenvalue weighted by Crippen LogP contribution is -2.08. The number of thiophene rings is 2. The van der Waals surface area contributed by atoms with Crippen molar-refractivity contribution in [3.8, 4) is 17.2 Å². The fourth-order valence-electron chi connectivity index (χ4n) is 4.47. The minimum atomic E-state index is 0.0875. The second kappa shape index (κ2) is 17.5. The zero-order valence-corrected chi connectivity index (χ0v) is 30.1. The monoisotopic (exact) mass is 724 g/mol. The number of nitrogens with two attached hydrogens (primary N) is 2. The Morgan fingerprint density at radius 2 is 1.08 bits per heavy atom. The molecular formula is C37H36N6O2S4. The molecule has 250 valence electrons. The first-order valence-corrected chi connectivity index (χ1v) is 19.1. The van der Waals surface area contributed by atoms with Crippen LogP contribution in [0.15, 0.2) is 130 Å². The first-order valence-electron chi connectivity index (χ1n) is 15.0. The summed E-state index contributed by atoms with van der Waals surface area (Å²) in [4.78, 5) is 1.53. The molecule has 8 nitrogen and oxygen atoms in total. The topological polar surface area (TPSA) is 142 Å². The SMILES string of the molecule is CSc1sc(C(=N)N)cc1Nc1cccc(OCc2ccccc2)c1.CSc1sc(C(=N)N)cc1Nc1cccc(Oc2ccccc2)c1. The van der Waals surface area contributed by atoms with Crippen LogP contribution >= 0.6 is 46.2 Å². The number of para-hydroxylation sites is 1. The van der Waals surface area contributed by atoms with E-state index in [0.29, 0.717) is 6.61 Å². The van der Waals surface area contributed by atoms with Crippen LogP contribution in [0, 0.1) is 10.8 Å². The molecule has 12 heteroatoms. The number of ether oxygens (including phenoxy) is 2. The number of hydrogen-bond donors (Lipinski definition) is 6. The summed E-state index contributed by atoms with van der Waals surface area (Å²) in [5, 5.41) is 22.0.